The van der Waals surface area contributed by atoms with Gasteiger partial charge in [-0.05, 0) is 17.7 Å². The summed E-state index contributed by atoms with van der Waals surface area (Å²) in [6, 6.07) is 1.60. The van der Waals surface area contributed by atoms with Gasteiger partial charge in [-0.25, -0.2) is 0 Å². The first-order valence-corrected chi connectivity index (χ1v) is 7.44. The number of carbonyl (C=O) groups is 1. The number of Topliss-reactive ketones (excluding diaryl/α,β-unsaturated/α-hetero) is 1. The number of rotatable bonds is 6. The summed E-state index contributed by atoms with van der Waals surface area (Å²) in [5, 5.41) is 8.83. The lowest BCUT2D eigenvalue weighted by Gasteiger charge is -2.05. The molecule has 1 aromatic rings. The molecule has 0 aromatic carbocycles. The molecule has 0 aliphatic heterocycles. The van der Waals surface area contributed by atoms with Crippen molar-refractivity contribution in [3.63, 3.8) is 0 Å². The van der Waals surface area contributed by atoms with Crippen molar-refractivity contribution >= 4 is 52.1 Å². The summed E-state index contributed by atoms with van der Waals surface area (Å²) in [6.45, 7) is 2.08. The van der Waals surface area contributed by atoms with E-state index in [2.05, 4.69) is 0 Å². The average molecular weight is 299 g/mol. The van der Waals surface area contributed by atoms with Gasteiger partial charge in [-0.2, -0.15) is 11.8 Å². The van der Waals surface area contributed by atoms with E-state index in [1.54, 1.807) is 6.07 Å². The Bertz CT molecular complexity index is 366. The number of hydrogen-bond donors (Lipinski definition) is 1. The lowest BCUT2D eigenvalue weighted by atomic mass is 10.2. The number of thioether (sulfide) groups is 1. The Balaban J connectivity index is 2.44. The van der Waals surface area contributed by atoms with Gasteiger partial charge >= 0.3 is 0 Å². The van der Waals surface area contributed by atoms with E-state index in [1.165, 1.54) is 23.1 Å². The van der Waals surface area contributed by atoms with Crippen molar-refractivity contribution in [2.45, 2.75) is 6.92 Å². The standard InChI is InChI=1S/C10H12Cl2O2S2/c1-6(3-13)4-15-5-8(14)7-2-9(11)16-10(7)12/h2,6,13H,3-5H2,1H3. The average Bonchev–Trinajstić information content (AvgIpc) is 2.57. The van der Waals surface area contributed by atoms with E-state index in [0.29, 0.717) is 20.0 Å². The molecule has 2 nitrogen and oxygen atoms in total. The summed E-state index contributed by atoms with van der Waals surface area (Å²) >= 11 is 14.3. The smallest absolute Gasteiger partial charge is 0.175 e. The normalized spacial score (nSPS) is 12.8. The molecule has 0 amide bonds. The molecular formula is C10H12Cl2O2S2. The Morgan fingerprint density at radius 1 is 1.62 bits per heavy atom. The van der Waals surface area contributed by atoms with Crippen molar-refractivity contribution in [3.8, 4) is 0 Å². The predicted octanol–water partition coefficient (Wildman–Crippen LogP) is 3.60. The van der Waals surface area contributed by atoms with Crippen molar-refractivity contribution in [2.24, 2.45) is 5.92 Å². The molecule has 1 N–H and O–H groups in total. The van der Waals surface area contributed by atoms with E-state index in [-0.39, 0.29) is 18.3 Å². The fraction of sp³-hybridized carbons (Fsp3) is 0.500. The largest absolute Gasteiger partial charge is 0.396 e. The van der Waals surface area contributed by atoms with Crippen LogP contribution in [0.15, 0.2) is 6.07 Å². The lowest BCUT2D eigenvalue weighted by molar-refractivity contribution is 0.102. The second-order valence-corrected chi connectivity index (χ2v) is 6.78. The topological polar surface area (TPSA) is 37.3 Å². The molecule has 0 aliphatic rings. The summed E-state index contributed by atoms with van der Waals surface area (Å²) in [5.41, 5.74) is 0.501. The van der Waals surface area contributed by atoms with E-state index < -0.39 is 0 Å². The van der Waals surface area contributed by atoms with Crippen molar-refractivity contribution in [1.82, 2.24) is 0 Å². The first-order valence-electron chi connectivity index (χ1n) is 4.71. The van der Waals surface area contributed by atoms with E-state index >= 15 is 0 Å². The van der Waals surface area contributed by atoms with Crippen LogP contribution in [0.4, 0.5) is 0 Å². The number of aliphatic hydroxyl groups excluding tert-OH is 1. The minimum absolute atomic E-state index is 0.0108. The zero-order chi connectivity index (χ0) is 12.1. The molecule has 0 saturated carbocycles. The molecule has 0 fully saturated rings. The zero-order valence-corrected chi connectivity index (χ0v) is 11.8. The molecule has 1 rings (SSSR count). The molecule has 0 bridgehead atoms. The van der Waals surface area contributed by atoms with Crippen molar-refractivity contribution in [2.75, 3.05) is 18.1 Å². The van der Waals surface area contributed by atoms with Gasteiger partial charge in [-0.15, -0.1) is 11.3 Å². The quantitative estimate of drug-likeness (QED) is 0.816. The zero-order valence-electron chi connectivity index (χ0n) is 8.70. The minimum Gasteiger partial charge on any atom is -0.396 e. The molecule has 0 spiro atoms. The number of thiophene rings is 1. The third kappa shape index (κ3) is 4.26. The SMILES string of the molecule is CC(CO)CSCC(=O)c1cc(Cl)sc1Cl. The fourth-order valence-corrected chi connectivity index (χ4v) is 3.48. The maximum absolute atomic E-state index is 11.7. The molecule has 0 saturated heterocycles. The van der Waals surface area contributed by atoms with E-state index in [4.69, 9.17) is 28.3 Å². The van der Waals surface area contributed by atoms with Crippen molar-refractivity contribution in [1.29, 1.82) is 0 Å². The Labute approximate surface area is 113 Å². The summed E-state index contributed by atoms with van der Waals surface area (Å²) in [5.74, 6) is 1.33. The van der Waals surface area contributed by atoms with Gasteiger partial charge < -0.3 is 5.11 Å². The predicted molar refractivity (Wildman–Crippen MR) is 72.2 cm³/mol. The maximum Gasteiger partial charge on any atom is 0.175 e. The number of hydrogen-bond acceptors (Lipinski definition) is 4. The van der Waals surface area contributed by atoms with Crippen molar-refractivity contribution in [3.05, 3.63) is 20.3 Å². The van der Waals surface area contributed by atoms with Crippen molar-refractivity contribution < 1.29 is 9.90 Å². The Kier molecular flexibility index (Phi) is 6.15. The summed E-state index contributed by atoms with van der Waals surface area (Å²) in [4.78, 5) is 11.7. The maximum atomic E-state index is 11.7. The first-order chi connectivity index (χ1) is 7.54. The highest BCUT2D eigenvalue weighted by molar-refractivity contribution is 7.99. The third-order valence-electron chi connectivity index (χ3n) is 1.90. The fourth-order valence-electron chi connectivity index (χ4n) is 1.01. The Hall–Kier alpha value is 0.260. The van der Waals surface area contributed by atoms with Gasteiger partial charge in [0, 0.05) is 12.2 Å². The number of carbonyl (C=O) groups excluding carboxylic acids is 1. The second kappa shape index (κ2) is 6.87. The van der Waals surface area contributed by atoms with E-state index in [0.717, 1.165) is 5.75 Å². The van der Waals surface area contributed by atoms with Crippen LogP contribution in [0.5, 0.6) is 0 Å². The molecule has 90 valence electrons. The van der Waals surface area contributed by atoms with Crippen LogP contribution >= 0.6 is 46.3 Å². The molecule has 1 heterocycles. The van der Waals surface area contributed by atoms with Crippen LogP contribution in [0, 0.1) is 5.92 Å². The van der Waals surface area contributed by atoms with Crippen LogP contribution in [0.2, 0.25) is 8.67 Å². The number of halogens is 2. The van der Waals surface area contributed by atoms with Gasteiger partial charge in [-0.3, -0.25) is 4.79 Å². The molecule has 1 atom stereocenters. The van der Waals surface area contributed by atoms with Gasteiger partial charge in [0.15, 0.2) is 5.78 Å². The van der Waals surface area contributed by atoms with Crippen LogP contribution in [0.25, 0.3) is 0 Å². The summed E-state index contributed by atoms with van der Waals surface area (Å²) < 4.78 is 0.980. The van der Waals surface area contributed by atoms with Crippen LogP contribution in [0.3, 0.4) is 0 Å². The van der Waals surface area contributed by atoms with Gasteiger partial charge in [0.2, 0.25) is 0 Å². The van der Waals surface area contributed by atoms with Gasteiger partial charge in [0.05, 0.1) is 10.1 Å². The molecule has 0 aliphatic carbocycles. The highest BCUT2D eigenvalue weighted by Crippen LogP contribution is 2.31. The first kappa shape index (κ1) is 14.3. The Morgan fingerprint density at radius 3 is 2.81 bits per heavy atom. The highest BCUT2D eigenvalue weighted by Gasteiger charge is 2.14. The number of ketones is 1. The lowest BCUT2D eigenvalue weighted by Crippen LogP contribution is -2.07. The summed E-state index contributed by atoms with van der Waals surface area (Å²) in [7, 11) is 0. The second-order valence-electron chi connectivity index (χ2n) is 3.46. The van der Waals surface area contributed by atoms with E-state index in [9.17, 15) is 4.79 Å². The van der Waals surface area contributed by atoms with Crippen LogP contribution in [0.1, 0.15) is 17.3 Å². The Morgan fingerprint density at radius 2 is 2.31 bits per heavy atom. The molecule has 0 radical (unpaired) electrons. The molecule has 6 heteroatoms. The van der Waals surface area contributed by atoms with Crippen LogP contribution in [-0.4, -0.2) is 29.0 Å². The minimum atomic E-state index is -0.0108. The van der Waals surface area contributed by atoms with Gasteiger partial charge in [0.25, 0.3) is 0 Å². The van der Waals surface area contributed by atoms with Gasteiger partial charge in [0.1, 0.15) is 4.34 Å². The number of aliphatic hydroxyl groups is 1. The highest BCUT2D eigenvalue weighted by atomic mass is 35.5. The van der Waals surface area contributed by atoms with Gasteiger partial charge in [-0.1, -0.05) is 30.1 Å². The third-order valence-corrected chi connectivity index (χ3v) is 4.66. The molecule has 1 unspecified atom stereocenters. The monoisotopic (exact) mass is 298 g/mol. The van der Waals surface area contributed by atoms with Crippen LogP contribution in [-0.2, 0) is 0 Å². The van der Waals surface area contributed by atoms with Crippen LogP contribution < -0.4 is 0 Å². The molecular weight excluding hydrogens is 287 g/mol. The van der Waals surface area contributed by atoms with E-state index in [1.807, 2.05) is 6.92 Å². The molecule has 16 heavy (non-hydrogen) atoms. The summed E-state index contributed by atoms with van der Waals surface area (Å²) in [6.07, 6.45) is 0. The molecule has 1 aromatic heterocycles.